The third kappa shape index (κ3) is 2.94. The van der Waals surface area contributed by atoms with Crippen molar-refractivity contribution in [2.75, 3.05) is 18.4 Å². The molecule has 1 aliphatic rings. The van der Waals surface area contributed by atoms with Gasteiger partial charge in [0.25, 0.3) is 0 Å². The molecule has 1 aromatic heterocycles. The number of nitrogens with zero attached hydrogens (tertiary/aromatic N) is 3. The average molecular weight is 254 g/mol. The van der Waals surface area contributed by atoms with Gasteiger partial charge in [0.15, 0.2) is 0 Å². The summed E-state index contributed by atoms with van der Waals surface area (Å²) in [6.45, 7) is 5.59. The monoisotopic (exact) mass is 254 g/mol. The summed E-state index contributed by atoms with van der Waals surface area (Å²) in [5, 5.41) is 4.23. The van der Waals surface area contributed by atoms with Crippen LogP contribution in [0.15, 0.2) is 0 Å². The molecule has 0 aliphatic carbocycles. The van der Waals surface area contributed by atoms with E-state index in [1.54, 1.807) is 0 Å². The quantitative estimate of drug-likeness (QED) is 0.885. The van der Waals surface area contributed by atoms with Gasteiger partial charge in [-0.05, 0) is 6.42 Å². The van der Waals surface area contributed by atoms with Crippen LogP contribution in [0, 0.1) is 0 Å². The highest BCUT2D eigenvalue weighted by atomic mass is 32.1. The van der Waals surface area contributed by atoms with E-state index in [9.17, 15) is 4.79 Å². The van der Waals surface area contributed by atoms with Crippen LogP contribution in [0.5, 0.6) is 0 Å². The number of carbonyl (C=O) groups excluding carboxylic acids is 1. The lowest BCUT2D eigenvalue weighted by molar-refractivity contribution is -0.129. The minimum atomic E-state index is 0.237. The maximum Gasteiger partial charge on any atom is 0.222 e. The van der Waals surface area contributed by atoms with Crippen LogP contribution in [-0.2, 0) is 11.2 Å². The van der Waals surface area contributed by atoms with Gasteiger partial charge in [-0.15, -0.1) is 0 Å². The van der Waals surface area contributed by atoms with Crippen LogP contribution < -0.4 is 5.32 Å². The maximum absolute atomic E-state index is 11.5. The Kier molecular flexibility index (Phi) is 3.93. The molecule has 0 aromatic carbocycles. The molecule has 1 atom stereocenters. The summed E-state index contributed by atoms with van der Waals surface area (Å²) in [4.78, 5) is 17.8. The van der Waals surface area contributed by atoms with E-state index in [1.165, 1.54) is 11.5 Å². The summed E-state index contributed by atoms with van der Waals surface area (Å²) in [6.07, 6.45) is 2.45. The van der Waals surface area contributed by atoms with E-state index >= 15 is 0 Å². The molecule has 6 heteroatoms. The predicted molar refractivity (Wildman–Crippen MR) is 68.2 cm³/mol. The first-order valence-electron chi connectivity index (χ1n) is 6.09. The van der Waals surface area contributed by atoms with Crippen LogP contribution >= 0.6 is 11.5 Å². The van der Waals surface area contributed by atoms with E-state index in [0.717, 1.165) is 36.9 Å². The number of rotatable bonds is 4. The van der Waals surface area contributed by atoms with Crippen LogP contribution in [-0.4, -0.2) is 39.3 Å². The summed E-state index contributed by atoms with van der Waals surface area (Å²) in [6, 6.07) is 0.322. The molecule has 0 bridgehead atoms. The van der Waals surface area contributed by atoms with Crippen molar-refractivity contribution in [2.45, 2.75) is 39.2 Å². The lowest BCUT2D eigenvalue weighted by Gasteiger charge is -2.15. The highest BCUT2D eigenvalue weighted by Gasteiger charge is 2.25. The van der Waals surface area contributed by atoms with E-state index < -0.39 is 0 Å². The first-order chi connectivity index (χ1) is 8.22. The molecule has 0 saturated carbocycles. The molecule has 1 saturated heterocycles. The van der Waals surface area contributed by atoms with Gasteiger partial charge in [0.05, 0.1) is 0 Å². The lowest BCUT2D eigenvalue weighted by Crippen LogP contribution is -2.30. The molecule has 1 aromatic rings. The van der Waals surface area contributed by atoms with Gasteiger partial charge in [-0.3, -0.25) is 4.79 Å². The number of aromatic nitrogens is 2. The molecule has 94 valence electrons. The van der Waals surface area contributed by atoms with E-state index in [0.29, 0.717) is 12.5 Å². The van der Waals surface area contributed by atoms with Gasteiger partial charge in [0.1, 0.15) is 5.82 Å². The number of hydrogen-bond acceptors (Lipinski definition) is 5. The third-order valence-corrected chi connectivity index (χ3v) is 3.64. The van der Waals surface area contributed by atoms with Gasteiger partial charge in [0, 0.05) is 43.5 Å². The molecule has 2 heterocycles. The first kappa shape index (κ1) is 12.3. The molecule has 2 rings (SSSR count). The van der Waals surface area contributed by atoms with Gasteiger partial charge in [-0.25, -0.2) is 4.98 Å². The number of hydrogen-bond donors (Lipinski definition) is 1. The second-order valence-corrected chi connectivity index (χ2v) is 4.94. The predicted octanol–water partition coefficient (Wildman–Crippen LogP) is 1.52. The van der Waals surface area contributed by atoms with E-state index in [4.69, 9.17) is 0 Å². The largest absolute Gasteiger partial charge is 0.356 e. The number of amides is 1. The van der Waals surface area contributed by atoms with Crippen molar-refractivity contribution in [3.8, 4) is 0 Å². The normalized spacial score (nSPS) is 19.6. The van der Waals surface area contributed by atoms with Crippen LogP contribution in [0.3, 0.4) is 0 Å². The van der Waals surface area contributed by atoms with Crippen molar-refractivity contribution < 1.29 is 4.79 Å². The highest BCUT2D eigenvalue weighted by molar-refractivity contribution is 7.09. The Balaban J connectivity index is 1.87. The summed E-state index contributed by atoms with van der Waals surface area (Å²) in [5.74, 6) is 1.12. The fraction of sp³-hybridized carbons (Fsp3) is 0.727. The summed E-state index contributed by atoms with van der Waals surface area (Å²) in [5.41, 5.74) is 0. The lowest BCUT2D eigenvalue weighted by atomic mass is 10.3. The molecule has 0 radical (unpaired) electrons. The second kappa shape index (κ2) is 5.44. The number of carbonyl (C=O) groups is 1. The van der Waals surface area contributed by atoms with Crippen LogP contribution in [0.25, 0.3) is 0 Å². The van der Waals surface area contributed by atoms with Crippen LogP contribution in [0.2, 0.25) is 0 Å². The van der Waals surface area contributed by atoms with Crippen molar-refractivity contribution >= 4 is 22.6 Å². The number of likely N-dealkylation sites (tertiary alicyclic amines) is 1. The van der Waals surface area contributed by atoms with Crippen molar-refractivity contribution in [1.29, 1.82) is 0 Å². The minimum Gasteiger partial charge on any atom is -0.356 e. The van der Waals surface area contributed by atoms with Crippen LogP contribution in [0.4, 0.5) is 5.13 Å². The second-order valence-electron chi connectivity index (χ2n) is 4.19. The zero-order valence-corrected chi connectivity index (χ0v) is 11.1. The van der Waals surface area contributed by atoms with Gasteiger partial charge in [-0.1, -0.05) is 13.8 Å². The zero-order chi connectivity index (χ0) is 12.3. The summed E-state index contributed by atoms with van der Waals surface area (Å²) in [7, 11) is 0. The van der Waals surface area contributed by atoms with Crippen molar-refractivity contribution in [3.63, 3.8) is 0 Å². The fourth-order valence-electron chi connectivity index (χ4n) is 1.96. The highest BCUT2D eigenvalue weighted by Crippen LogP contribution is 2.18. The Labute approximate surface area is 105 Å². The fourth-order valence-corrected chi connectivity index (χ4v) is 2.69. The Bertz CT molecular complexity index is 393. The Hall–Kier alpha value is -1.17. The van der Waals surface area contributed by atoms with Crippen LogP contribution in [0.1, 0.15) is 32.5 Å². The minimum absolute atomic E-state index is 0.237. The van der Waals surface area contributed by atoms with Gasteiger partial charge >= 0.3 is 0 Å². The van der Waals surface area contributed by atoms with Crippen molar-refractivity contribution in [1.82, 2.24) is 14.3 Å². The SMILES string of the molecule is CCC(=O)N1CC[C@H](Nc2nc(CC)ns2)C1. The molecule has 1 amide bonds. The van der Waals surface area contributed by atoms with Crippen molar-refractivity contribution in [3.05, 3.63) is 5.82 Å². The third-order valence-electron chi connectivity index (χ3n) is 2.96. The first-order valence-corrected chi connectivity index (χ1v) is 6.87. The molecule has 1 aliphatic heterocycles. The smallest absolute Gasteiger partial charge is 0.222 e. The summed E-state index contributed by atoms with van der Waals surface area (Å²) >= 11 is 1.40. The molecule has 17 heavy (non-hydrogen) atoms. The van der Waals surface area contributed by atoms with E-state index in [1.807, 2.05) is 18.7 Å². The summed E-state index contributed by atoms with van der Waals surface area (Å²) < 4.78 is 4.23. The average Bonchev–Trinajstić information content (AvgIpc) is 2.97. The zero-order valence-electron chi connectivity index (χ0n) is 10.3. The Morgan fingerprint density at radius 1 is 1.59 bits per heavy atom. The van der Waals surface area contributed by atoms with Crippen molar-refractivity contribution in [2.24, 2.45) is 0 Å². The topological polar surface area (TPSA) is 58.1 Å². The number of aryl methyl sites for hydroxylation is 1. The molecule has 0 spiro atoms. The molecular formula is C11H18N4OS. The standard InChI is InChI=1S/C11H18N4OS/c1-3-9-13-11(17-14-9)12-8-5-6-15(7-8)10(16)4-2/h8H,3-7H2,1-2H3,(H,12,13,14)/t8-/m0/s1. The molecule has 5 nitrogen and oxygen atoms in total. The molecule has 0 unspecified atom stereocenters. The Morgan fingerprint density at radius 2 is 2.41 bits per heavy atom. The van der Waals surface area contributed by atoms with Gasteiger partial charge in [0.2, 0.25) is 11.0 Å². The maximum atomic E-state index is 11.5. The van der Waals surface area contributed by atoms with Gasteiger partial charge in [-0.2, -0.15) is 4.37 Å². The van der Waals surface area contributed by atoms with Gasteiger partial charge < -0.3 is 10.2 Å². The molecule has 1 N–H and O–H groups in total. The molecule has 1 fully saturated rings. The van der Waals surface area contributed by atoms with E-state index in [2.05, 4.69) is 14.7 Å². The van der Waals surface area contributed by atoms with E-state index in [-0.39, 0.29) is 5.91 Å². The Morgan fingerprint density at radius 3 is 3.06 bits per heavy atom. The number of anilines is 1. The number of nitrogens with one attached hydrogen (secondary N) is 1. The molecular weight excluding hydrogens is 236 g/mol.